The van der Waals surface area contributed by atoms with Gasteiger partial charge in [0.1, 0.15) is 13.2 Å². The number of methoxy groups -OCH3 is 1. The number of hydrogen-bond donors (Lipinski definition) is 0. The molecule has 3 aromatic rings. The first-order valence-electron chi connectivity index (χ1n) is 9.43. The highest BCUT2D eigenvalue weighted by Crippen LogP contribution is 2.34. The standard InChI is InChI=1S/C22H20N4O3S/c1-27-9-8-24-22-26(25-14-17-4-2-16(13-23)3-5-17)19(15-30-22)18-6-7-20-21(12-18)29-11-10-28-20/h2-7,12,14-15H,8-11H2,1H3. The number of nitrogens with zero attached hydrogens (tertiary/aromatic N) is 4. The number of hydrogen-bond acceptors (Lipinski definition) is 7. The summed E-state index contributed by atoms with van der Waals surface area (Å²) < 4.78 is 18.3. The molecule has 1 aliphatic rings. The second-order valence-corrected chi connectivity index (χ2v) is 7.26. The van der Waals surface area contributed by atoms with Crippen molar-refractivity contribution in [2.24, 2.45) is 10.1 Å². The van der Waals surface area contributed by atoms with Gasteiger partial charge in [0.05, 0.1) is 36.7 Å². The van der Waals surface area contributed by atoms with E-state index in [-0.39, 0.29) is 0 Å². The van der Waals surface area contributed by atoms with Gasteiger partial charge in [0, 0.05) is 18.1 Å². The summed E-state index contributed by atoms with van der Waals surface area (Å²) in [5.41, 5.74) is 3.37. The van der Waals surface area contributed by atoms with Crippen LogP contribution in [0.2, 0.25) is 0 Å². The maximum absolute atomic E-state index is 8.97. The molecule has 0 spiro atoms. The Balaban J connectivity index is 1.72. The summed E-state index contributed by atoms with van der Waals surface area (Å²) >= 11 is 1.51. The van der Waals surface area contributed by atoms with E-state index in [1.54, 1.807) is 25.5 Å². The molecule has 8 heteroatoms. The summed E-state index contributed by atoms with van der Waals surface area (Å²) in [7, 11) is 1.65. The van der Waals surface area contributed by atoms with Crippen LogP contribution in [0.1, 0.15) is 11.1 Å². The maximum Gasteiger partial charge on any atom is 0.206 e. The van der Waals surface area contributed by atoms with Gasteiger partial charge in [0.15, 0.2) is 11.5 Å². The summed E-state index contributed by atoms with van der Waals surface area (Å²) in [6.45, 7) is 2.18. The molecular weight excluding hydrogens is 400 g/mol. The molecule has 7 nitrogen and oxygen atoms in total. The van der Waals surface area contributed by atoms with Crippen molar-refractivity contribution >= 4 is 17.6 Å². The Bertz CT molecular complexity index is 1160. The molecule has 0 saturated carbocycles. The molecule has 0 N–H and O–H groups in total. The monoisotopic (exact) mass is 420 g/mol. The number of aromatic nitrogens is 1. The molecule has 0 radical (unpaired) electrons. The van der Waals surface area contributed by atoms with Crippen LogP contribution in [0.15, 0.2) is 57.9 Å². The minimum absolute atomic E-state index is 0.536. The molecule has 2 heterocycles. The number of thiazole rings is 1. The van der Waals surface area contributed by atoms with Crippen LogP contribution in [-0.4, -0.2) is 44.4 Å². The fraction of sp³-hybridized carbons (Fsp3) is 0.227. The van der Waals surface area contributed by atoms with Crippen molar-refractivity contribution in [3.63, 3.8) is 0 Å². The molecule has 152 valence electrons. The fourth-order valence-corrected chi connectivity index (χ4v) is 3.79. The Labute approximate surface area is 178 Å². The third kappa shape index (κ3) is 4.43. The van der Waals surface area contributed by atoms with Gasteiger partial charge in [0.25, 0.3) is 0 Å². The SMILES string of the molecule is COCCN=c1scc(-c2ccc3c(c2)OCCO3)n1N=Cc1ccc(C#N)cc1. The molecule has 4 rings (SSSR count). The largest absolute Gasteiger partial charge is 0.486 e. The van der Waals surface area contributed by atoms with Crippen LogP contribution in [0, 0.1) is 11.3 Å². The second kappa shape index (κ2) is 9.39. The van der Waals surface area contributed by atoms with Gasteiger partial charge in [-0.1, -0.05) is 12.1 Å². The molecule has 0 amide bonds. The number of nitriles is 1. The Kier molecular flexibility index (Phi) is 6.23. The molecule has 0 aliphatic carbocycles. The normalized spacial score (nSPS) is 13.5. The average molecular weight is 420 g/mol. The molecule has 30 heavy (non-hydrogen) atoms. The number of benzene rings is 2. The third-order valence-electron chi connectivity index (χ3n) is 4.43. The Morgan fingerprint density at radius 2 is 1.97 bits per heavy atom. The smallest absolute Gasteiger partial charge is 0.206 e. The van der Waals surface area contributed by atoms with Crippen LogP contribution in [-0.2, 0) is 4.74 Å². The van der Waals surface area contributed by atoms with E-state index >= 15 is 0 Å². The average Bonchev–Trinajstić information content (AvgIpc) is 3.20. The van der Waals surface area contributed by atoms with Crippen molar-refractivity contribution in [2.45, 2.75) is 0 Å². The van der Waals surface area contributed by atoms with E-state index in [2.05, 4.69) is 16.2 Å². The van der Waals surface area contributed by atoms with Gasteiger partial charge in [-0.05, 0) is 35.9 Å². The molecule has 0 atom stereocenters. The van der Waals surface area contributed by atoms with Crippen molar-refractivity contribution in [3.8, 4) is 28.8 Å². The summed E-state index contributed by atoms with van der Waals surface area (Å²) in [4.78, 5) is 5.38. The van der Waals surface area contributed by atoms with Crippen molar-refractivity contribution in [1.82, 2.24) is 4.68 Å². The van der Waals surface area contributed by atoms with Gasteiger partial charge < -0.3 is 14.2 Å². The van der Waals surface area contributed by atoms with Gasteiger partial charge >= 0.3 is 0 Å². The molecule has 1 aromatic heterocycles. The lowest BCUT2D eigenvalue weighted by Gasteiger charge is -2.18. The highest BCUT2D eigenvalue weighted by atomic mass is 32.1. The summed E-state index contributed by atoms with van der Waals surface area (Å²) in [6, 6.07) is 15.2. The van der Waals surface area contributed by atoms with Crippen LogP contribution in [0.25, 0.3) is 11.3 Å². The van der Waals surface area contributed by atoms with Gasteiger partial charge in [-0.15, -0.1) is 11.3 Å². The second-order valence-electron chi connectivity index (χ2n) is 6.43. The molecule has 0 bridgehead atoms. The highest BCUT2D eigenvalue weighted by Gasteiger charge is 2.15. The molecule has 0 unspecified atom stereocenters. The van der Waals surface area contributed by atoms with Crippen LogP contribution >= 0.6 is 11.3 Å². The molecule has 0 saturated heterocycles. The van der Waals surface area contributed by atoms with E-state index in [1.807, 2.05) is 40.4 Å². The minimum atomic E-state index is 0.536. The van der Waals surface area contributed by atoms with Crippen molar-refractivity contribution in [2.75, 3.05) is 33.5 Å². The number of ether oxygens (including phenoxy) is 3. The number of fused-ring (bicyclic) bond motifs is 1. The zero-order valence-electron chi connectivity index (χ0n) is 16.4. The lowest BCUT2D eigenvalue weighted by Crippen LogP contribution is -2.16. The van der Waals surface area contributed by atoms with Gasteiger partial charge in [-0.25, -0.2) is 4.68 Å². The van der Waals surface area contributed by atoms with E-state index in [4.69, 9.17) is 19.5 Å². The summed E-state index contributed by atoms with van der Waals surface area (Å²) in [5, 5.41) is 15.7. The first kappa shape index (κ1) is 19.9. The van der Waals surface area contributed by atoms with Gasteiger partial charge in [-0.3, -0.25) is 4.99 Å². The van der Waals surface area contributed by atoms with Gasteiger partial charge in [0.2, 0.25) is 4.80 Å². The fourth-order valence-electron chi connectivity index (χ4n) is 2.92. The molecule has 0 fully saturated rings. The van der Waals surface area contributed by atoms with Crippen LogP contribution in [0.5, 0.6) is 11.5 Å². The van der Waals surface area contributed by atoms with Crippen molar-refractivity contribution in [1.29, 1.82) is 5.26 Å². The maximum atomic E-state index is 8.97. The Morgan fingerprint density at radius 3 is 2.73 bits per heavy atom. The lowest BCUT2D eigenvalue weighted by molar-refractivity contribution is 0.171. The summed E-state index contributed by atoms with van der Waals surface area (Å²) in [6.07, 6.45) is 1.75. The minimum Gasteiger partial charge on any atom is -0.486 e. The molecular formula is C22H20N4O3S. The van der Waals surface area contributed by atoms with E-state index in [0.29, 0.717) is 31.9 Å². The molecule has 1 aliphatic heterocycles. The highest BCUT2D eigenvalue weighted by molar-refractivity contribution is 7.07. The van der Waals surface area contributed by atoms with Crippen LogP contribution in [0.3, 0.4) is 0 Å². The Morgan fingerprint density at radius 1 is 1.17 bits per heavy atom. The zero-order chi connectivity index (χ0) is 20.8. The predicted molar refractivity (Wildman–Crippen MR) is 115 cm³/mol. The van der Waals surface area contributed by atoms with Crippen molar-refractivity contribution < 1.29 is 14.2 Å². The lowest BCUT2D eigenvalue weighted by atomic mass is 10.1. The van der Waals surface area contributed by atoms with E-state index in [1.165, 1.54) is 11.3 Å². The first-order valence-corrected chi connectivity index (χ1v) is 10.3. The first-order chi connectivity index (χ1) is 14.8. The molecule has 2 aromatic carbocycles. The number of rotatable bonds is 6. The van der Waals surface area contributed by atoms with Crippen molar-refractivity contribution in [3.05, 3.63) is 63.8 Å². The summed E-state index contributed by atoms with van der Waals surface area (Å²) in [5.74, 6) is 1.48. The third-order valence-corrected chi connectivity index (χ3v) is 5.28. The van der Waals surface area contributed by atoms with Gasteiger partial charge in [-0.2, -0.15) is 10.4 Å². The van der Waals surface area contributed by atoms with Crippen LogP contribution < -0.4 is 14.3 Å². The van der Waals surface area contributed by atoms with E-state index < -0.39 is 0 Å². The van der Waals surface area contributed by atoms with Crippen LogP contribution in [0.4, 0.5) is 0 Å². The topological polar surface area (TPSA) is 81.1 Å². The quantitative estimate of drug-likeness (QED) is 0.453. The van der Waals surface area contributed by atoms with E-state index in [9.17, 15) is 0 Å². The van der Waals surface area contributed by atoms with E-state index in [0.717, 1.165) is 33.1 Å². The predicted octanol–water partition coefficient (Wildman–Crippen LogP) is 3.29. The zero-order valence-corrected chi connectivity index (χ0v) is 17.3. The Hall–Kier alpha value is -3.41.